The molecule has 1 fully saturated rings. The van der Waals surface area contributed by atoms with E-state index >= 15 is 0 Å². The highest BCUT2D eigenvalue weighted by atomic mass is 16.4. The minimum Gasteiger partial charge on any atom is -0.465 e. The van der Waals surface area contributed by atoms with Gasteiger partial charge in [0.1, 0.15) is 0 Å². The van der Waals surface area contributed by atoms with Crippen molar-refractivity contribution in [2.45, 2.75) is 31.8 Å². The molecule has 0 aromatic carbocycles. The molecule has 0 saturated carbocycles. The molecule has 4 nitrogen and oxygen atoms in total. The van der Waals surface area contributed by atoms with Gasteiger partial charge in [0.2, 0.25) is 0 Å². The van der Waals surface area contributed by atoms with Crippen LogP contribution in [-0.4, -0.2) is 34.7 Å². The van der Waals surface area contributed by atoms with Gasteiger partial charge in [0.15, 0.2) is 0 Å². The predicted molar refractivity (Wildman–Crippen MR) is 41.4 cm³/mol. The summed E-state index contributed by atoms with van der Waals surface area (Å²) in [5, 5.41) is 8.68. The van der Waals surface area contributed by atoms with Crippen LogP contribution in [0.5, 0.6) is 0 Å². The lowest BCUT2D eigenvalue weighted by Crippen LogP contribution is -2.47. The summed E-state index contributed by atoms with van der Waals surface area (Å²) in [5.74, 6) is 0. The summed E-state index contributed by atoms with van der Waals surface area (Å²) in [7, 11) is 0. The van der Waals surface area contributed by atoms with Crippen LogP contribution in [0, 0.1) is 0 Å². The van der Waals surface area contributed by atoms with Crippen LogP contribution in [0.3, 0.4) is 0 Å². The quantitative estimate of drug-likeness (QED) is 0.538. The van der Waals surface area contributed by atoms with Crippen molar-refractivity contribution in [1.82, 2.24) is 4.90 Å². The molecule has 1 amide bonds. The average molecular weight is 158 g/mol. The second kappa shape index (κ2) is 3.09. The number of amides is 1. The van der Waals surface area contributed by atoms with Crippen molar-refractivity contribution >= 4 is 6.09 Å². The van der Waals surface area contributed by atoms with Crippen LogP contribution in [0.1, 0.15) is 19.8 Å². The Hall–Kier alpha value is -0.770. The van der Waals surface area contributed by atoms with E-state index in [4.69, 9.17) is 10.8 Å². The highest BCUT2D eigenvalue weighted by Gasteiger charge is 2.26. The second-order valence-electron chi connectivity index (χ2n) is 3.11. The van der Waals surface area contributed by atoms with Crippen LogP contribution >= 0.6 is 0 Å². The van der Waals surface area contributed by atoms with Crippen molar-refractivity contribution in [3.63, 3.8) is 0 Å². The smallest absolute Gasteiger partial charge is 0.407 e. The van der Waals surface area contributed by atoms with Crippen molar-refractivity contribution < 1.29 is 9.90 Å². The van der Waals surface area contributed by atoms with E-state index in [1.807, 2.05) is 6.92 Å². The minimum absolute atomic E-state index is 0.0799. The first kappa shape index (κ1) is 8.33. The molecule has 1 rings (SSSR count). The van der Waals surface area contributed by atoms with Gasteiger partial charge in [-0.15, -0.1) is 0 Å². The lowest BCUT2D eigenvalue weighted by molar-refractivity contribution is 0.107. The Morgan fingerprint density at radius 3 is 2.82 bits per heavy atom. The second-order valence-corrected chi connectivity index (χ2v) is 3.11. The molecular formula is C7H14N2O2. The summed E-state index contributed by atoms with van der Waals surface area (Å²) in [6.45, 7) is 2.48. The zero-order valence-corrected chi connectivity index (χ0v) is 6.66. The molecular weight excluding hydrogens is 144 g/mol. The molecule has 0 bridgehead atoms. The lowest BCUT2D eigenvalue weighted by atomic mass is 10.00. The monoisotopic (exact) mass is 158 g/mol. The van der Waals surface area contributed by atoms with E-state index in [1.54, 1.807) is 0 Å². The molecule has 2 atom stereocenters. The molecule has 11 heavy (non-hydrogen) atoms. The molecule has 0 aromatic heterocycles. The maximum absolute atomic E-state index is 10.6. The van der Waals surface area contributed by atoms with E-state index in [0.29, 0.717) is 6.54 Å². The summed E-state index contributed by atoms with van der Waals surface area (Å²) in [4.78, 5) is 12.0. The zero-order chi connectivity index (χ0) is 8.43. The van der Waals surface area contributed by atoms with Crippen molar-refractivity contribution in [2.75, 3.05) is 6.54 Å². The molecule has 1 heterocycles. The van der Waals surface area contributed by atoms with Gasteiger partial charge in [0.25, 0.3) is 0 Å². The third-order valence-corrected chi connectivity index (χ3v) is 2.16. The number of piperidine rings is 1. The maximum atomic E-state index is 10.6. The Kier molecular flexibility index (Phi) is 2.34. The SMILES string of the molecule is C[C@@H]1C[C@@H](N)CCN1C(=O)O. The number of carboxylic acid groups (broad SMARTS) is 1. The van der Waals surface area contributed by atoms with Crippen LogP contribution in [0.15, 0.2) is 0 Å². The van der Waals surface area contributed by atoms with Gasteiger partial charge in [-0.1, -0.05) is 0 Å². The largest absolute Gasteiger partial charge is 0.465 e. The standard InChI is InChI=1S/C7H14N2O2/c1-5-4-6(8)2-3-9(5)7(10)11/h5-6H,2-4,8H2,1H3,(H,10,11)/t5-,6+/m1/s1. The molecule has 3 N–H and O–H groups in total. The molecule has 0 aliphatic carbocycles. The number of likely N-dealkylation sites (tertiary alicyclic amines) is 1. The maximum Gasteiger partial charge on any atom is 0.407 e. The molecule has 0 radical (unpaired) electrons. The molecule has 64 valence electrons. The molecule has 1 saturated heterocycles. The predicted octanol–water partition coefficient (Wildman–Crippen LogP) is 0.476. The molecule has 0 aromatic rings. The van der Waals surface area contributed by atoms with Crippen molar-refractivity contribution in [1.29, 1.82) is 0 Å². The fraction of sp³-hybridized carbons (Fsp3) is 0.857. The molecule has 1 aliphatic heterocycles. The number of nitrogens with zero attached hydrogens (tertiary/aromatic N) is 1. The first-order chi connectivity index (χ1) is 5.11. The first-order valence-corrected chi connectivity index (χ1v) is 3.86. The Balaban J connectivity index is 2.50. The van der Waals surface area contributed by atoms with Crippen LogP contribution in [-0.2, 0) is 0 Å². The third kappa shape index (κ3) is 1.83. The number of nitrogens with two attached hydrogens (primary N) is 1. The normalized spacial score (nSPS) is 32.0. The number of rotatable bonds is 0. The first-order valence-electron chi connectivity index (χ1n) is 3.86. The van der Waals surface area contributed by atoms with E-state index < -0.39 is 6.09 Å². The highest BCUT2D eigenvalue weighted by molar-refractivity contribution is 5.65. The van der Waals surface area contributed by atoms with Gasteiger partial charge in [-0.25, -0.2) is 4.79 Å². The number of hydrogen-bond acceptors (Lipinski definition) is 2. The van der Waals surface area contributed by atoms with E-state index in [9.17, 15) is 4.79 Å². The van der Waals surface area contributed by atoms with Gasteiger partial charge in [0.05, 0.1) is 0 Å². The van der Waals surface area contributed by atoms with Gasteiger partial charge < -0.3 is 15.7 Å². The minimum atomic E-state index is -0.829. The van der Waals surface area contributed by atoms with Crippen molar-refractivity contribution in [2.24, 2.45) is 5.73 Å². The Labute approximate surface area is 66.0 Å². The lowest BCUT2D eigenvalue weighted by Gasteiger charge is -2.34. The number of hydrogen-bond donors (Lipinski definition) is 2. The Morgan fingerprint density at radius 1 is 1.73 bits per heavy atom. The highest BCUT2D eigenvalue weighted by Crippen LogP contribution is 2.15. The summed E-state index contributed by atoms with van der Waals surface area (Å²) in [6.07, 6.45) is 0.743. The van der Waals surface area contributed by atoms with Gasteiger partial charge in [0, 0.05) is 18.6 Å². The molecule has 0 spiro atoms. The molecule has 1 aliphatic rings. The van der Waals surface area contributed by atoms with Crippen LogP contribution < -0.4 is 5.73 Å². The van der Waals surface area contributed by atoms with Gasteiger partial charge >= 0.3 is 6.09 Å². The van der Waals surface area contributed by atoms with Crippen molar-refractivity contribution in [3.8, 4) is 0 Å². The topological polar surface area (TPSA) is 66.6 Å². The fourth-order valence-corrected chi connectivity index (χ4v) is 1.49. The van der Waals surface area contributed by atoms with E-state index in [-0.39, 0.29) is 12.1 Å². The van der Waals surface area contributed by atoms with E-state index in [1.165, 1.54) is 4.90 Å². The van der Waals surface area contributed by atoms with Gasteiger partial charge in [-0.3, -0.25) is 0 Å². The number of carbonyl (C=O) groups is 1. The summed E-state index contributed by atoms with van der Waals surface area (Å²) in [5.41, 5.74) is 5.67. The van der Waals surface area contributed by atoms with E-state index in [2.05, 4.69) is 0 Å². The van der Waals surface area contributed by atoms with Gasteiger partial charge in [-0.2, -0.15) is 0 Å². The zero-order valence-electron chi connectivity index (χ0n) is 6.66. The molecule has 0 unspecified atom stereocenters. The van der Waals surface area contributed by atoms with Crippen LogP contribution in [0.4, 0.5) is 4.79 Å². The Bertz CT molecular complexity index is 161. The van der Waals surface area contributed by atoms with Crippen LogP contribution in [0.25, 0.3) is 0 Å². The Morgan fingerprint density at radius 2 is 2.36 bits per heavy atom. The fourth-order valence-electron chi connectivity index (χ4n) is 1.49. The van der Waals surface area contributed by atoms with Crippen LogP contribution in [0.2, 0.25) is 0 Å². The van der Waals surface area contributed by atoms with E-state index in [0.717, 1.165) is 12.8 Å². The average Bonchev–Trinajstić information content (AvgIpc) is 1.85. The summed E-state index contributed by atoms with van der Waals surface area (Å²) in [6, 6.07) is 0.261. The third-order valence-electron chi connectivity index (χ3n) is 2.16. The molecule has 4 heteroatoms. The van der Waals surface area contributed by atoms with Crippen molar-refractivity contribution in [3.05, 3.63) is 0 Å². The summed E-state index contributed by atoms with van der Waals surface area (Å²) < 4.78 is 0. The summed E-state index contributed by atoms with van der Waals surface area (Å²) >= 11 is 0. The van der Waals surface area contributed by atoms with Gasteiger partial charge in [-0.05, 0) is 19.8 Å².